The first-order valence-electron chi connectivity index (χ1n) is 10.5. The lowest BCUT2D eigenvalue weighted by Gasteiger charge is -2.34. The van der Waals surface area contributed by atoms with Crippen LogP contribution < -0.4 is 0 Å². The summed E-state index contributed by atoms with van der Waals surface area (Å²) in [6.45, 7) is 7.05. The summed E-state index contributed by atoms with van der Waals surface area (Å²) in [4.78, 5) is 42.1. The van der Waals surface area contributed by atoms with Crippen LogP contribution in [0.25, 0.3) is 0 Å². The molecule has 3 heterocycles. The maximum absolute atomic E-state index is 13.0. The molecule has 164 valence electrons. The molecule has 10 nitrogen and oxygen atoms in total. The first-order chi connectivity index (χ1) is 15.0. The van der Waals surface area contributed by atoms with Gasteiger partial charge >= 0.3 is 0 Å². The number of non-ortho nitro benzene ring substituents is 1. The van der Waals surface area contributed by atoms with Crippen LogP contribution in [0.4, 0.5) is 5.69 Å². The van der Waals surface area contributed by atoms with Crippen molar-refractivity contribution in [2.24, 2.45) is 0 Å². The van der Waals surface area contributed by atoms with E-state index >= 15 is 0 Å². The minimum Gasteiger partial charge on any atom is -0.338 e. The van der Waals surface area contributed by atoms with Gasteiger partial charge in [0.1, 0.15) is 0 Å². The van der Waals surface area contributed by atoms with Gasteiger partial charge in [-0.1, -0.05) is 19.1 Å². The number of H-pyrrole nitrogens is 1. The zero-order chi connectivity index (χ0) is 22.0. The minimum atomic E-state index is -0.461. The molecule has 1 saturated heterocycles. The summed E-state index contributed by atoms with van der Waals surface area (Å²) in [6.07, 6.45) is 0.776. The second-order valence-corrected chi connectivity index (χ2v) is 7.92. The third-order valence-corrected chi connectivity index (χ3v) is 6.10. The molecular weight excluding hydrogens is 400 g/mol. The Morgan fingerprint density at radius 2 is 1.81 bits per heavy atom. The molecule has 31 heavy (non-hydrogen) atoms. The van der Waals surface area contributed by atoms with Gasteiger partial charge in [0.2, 0.25) is 5.91 Å². The number of nitro groups is 1. The van der Waals surface area contributed by atoms with Crippen molar-refractivity contribution in [3.05, 3.63) is 56.9 Å². The SMILES string of the molecule is CCN1CCN(C(=O)c2n[nH]c3c2CN(C(=O)Cc2ccc([N+](=O)[O-])cc2)CC3)CC1. The van der Waals surface area contributed by atoms with Crippen LogP contribution in [0.1, 0.15) is 34.2 Å². The number of amides is 2. The summed E-state index contributed by atoms with van der Waals surface area (Å²) in [5.74, 6) is -0.159. The van der Waals surface area contributed by atoms with Crippen molar-refractivity contribution in [3.63, 3.8) is 0 Å². The molecule has 10 heteroatoms. The van der Waals surface area contributed by atoms with Crippen LogP contribution in [0.3, 0.4) is 0 Å². The third-order valence-electron chi connectivity index (χ3n) is 6.10. The van der Waals surface area contributed by atoms with Crippen molar-refractivity contribution in [1.29, 1.82) is 0 Å². The molecule has 0 radical (unpaired) electrons. The summed E-state index contributed by atoms with van der Waals surface area (Å²) < 4.78 is 0. The van der Waals surface area contributed by atoms with Crippen LogP contribution in [-0.2, 0) is 24.2 Å². The summed E-state index contributed by atoms with van der Waals surface area (Å²) in [6, 6.07) is 6.02. The zero-order valence-corrected chi connectivity index (χ0v) is 17.5. The van der Waals surface area contributed by atoms with Crippen LogP contribution in [-0.4, -0.2) is 80.9 Å². The van der Waals surface area contributed by atoms with E-state index in [1.54, 1.807) is 17.0 Å². The van der Waals surface area contributed by atoms with Crippen molar-refractivity contribution >= 4 is 17.5 Å². The van der Waals surface area contributed by atoms with Gasteiger partial charge in [0, 0.05) is 69.1 Å². The Morgan fingerprint density at radius 1 is 1.10 bits per heavy atom. The number of carbonyl (C=O) groups excluding carboxylic acids is 2. The largest absolute Gasteiger partial charge is 0.338 e. The van der Waals surface area contributed by atoms with E-state index in [0.717, 1.165) is 36.5 Å². The molecule has 2 aromatic rings. The summed E-state index contributed by atoms with van der Waals surface area (Å²) >= 11 is 0. The van der Waals surface area contributed by atoms with Crippen LogP contribution in [0.5, 0.6) is 0 Å². The smallest absolute Gasteiger partial charge is 0.274 e. The number of nitro benzene ring substituents is 1. The van der Waals surface area contributed by atoms with E-state index in [9.17, 15) is 19.7 Å². The molecule has 1 fully saturated rings. The van der Waals surface area contributed by atoms with Gasteiger partial charge < -0.3 is 14.7 Å². The number of hydrogen-bond donors (Lipinski definition) is 1. The normalized spacial score (nSPS) is 16.8. The zero-order valence-electron chi connectivity index (χ0n) is 17.5. The van der Waals surface area contributed by atoms with Crippen LogP contribution in [0, 0.1) is 10.1 Å². The quantitative estimate of drug-likeness (QED) is 0.568. The van der Waals surface area contributed by atoms with Gasteiger partial charge in [0.15, 0.2) is 5.69 Å². The fourth-order valence-electron chi connectivity index (χ4n) is 4.12. The summed E-state index contributed by atoms with van der Waals surface area (Å²) in [7, 11) is 0. The van der Waals surface area contributed by atoms with Crippen molar-refractivity contribution < 1.29 is 14.5 Å². The lowest BCUT2D eigenvalue weighted by atomic mass is 10.0. The van der Waals surface area contributed by atoms with Crippen molar-refractivity contribution in [2.75, 3.05) is 39.3 Å². The first-order valence-corrected chi connectivity index (χ1v) is 10.5. The number of nitrogens with zero attached hydrogens (tertiary/aromatic N) is 5. The molecule has 1 aromatic carbocycles. The van der Waals surface area contributed by atoms with Crippen molar-refractivity contribution in [2.45, 2.75) is 26.3 Å². The molecule has 1 N–H and O–H groups in total. The number of aromatic nitrogens is 2. The minimum absolute atomic E-state index is 0.000125. The average Bonchev–Trinajstić information content (AvgIpc) is 3.22. The Kier molecular flexibility index (Phi) is 5.99. The molecule has 0 atom stereocenters. The number of likely N-dealkylation sites (N-methyl/N-ethyl adjacent to an activating group) is 1. The number of nitrogens with one attached hydrogen (secondary N) is 1. The maximum Gasteiger partial charge on any atom is 0.274 e. The standard InChI is InChI=1S/C21H26N6O4/c1-2-24-9-11-25(12-10-24)21(29)20-17-14-26(8-7-18(17)22-23-20)19(28)13-15-3-5-16(6-4-15)27(30)31/h3-6H,2,7-14H2,1H3,(H,22,23). The molecule has 0 unspecified atom stereocenters. The van der Waals surface area contributed by atoms with E-state index < -0.39 is 4.92 Å². The second kappa shape index (κ2) is 8.84. The highest BCUT2D eigenvalue weighted by molar-refractivity contribution is 5.94. The average molecular weight is 426 g/mol. The van der Waals surface area contributed by atoms with E-state index in [0.29, 0.717) is 38.3 Å². The van der Waals surface area contributed by atoms with Gasteiger partial charge in [0.25, 0.3) is 11.6 Å². The van der Waals surface area contributed by atoms with Crippen LogP contribution >= 0.6 is 0 Å². The molecule has 2 aliphatic heterocycles. The topological polar surface area (TPSA) is 116 Å². The molecule has 0 saturated carbocycles. The van der Waals surface area contributed by atoms with Crippen molar-refractivity contribution in [3.8, 4) is 0 Å². The van der Waals surface area contributed by atoms with E-state index in [2.05, 4.69) is 22.0 Å². The Labute approximate surface area is 180 Å². The predicted octanol–water partition coefficient (Wildman–Crippen LogP) is 1.22. The van der Waals surface area contributed by atoms with E-state index in [-0.39, 0.29) is 23.9 Å². The number of piperazine rings is 1. The van der Waals surface area contributed by atoms with Crippen molar-refractivity contribution in [1.82, 2.24) is 24.9 Å². The van der Waals surface area contributed by atoms with Gasteiger partial charge in [0.05, 0.1) is 11.3 Å². The Bertz CT molecular complexity index is 978. The Morgan fingerprint density at radius 3 is 2.45 bits per heavy atom. The van der Waals surface area contributed by atoms with E-state index in [1.165, 1.54) is 12.1 Å². The van der Waals surface area contributed by atoms with Gasteiger partial charge in [-0.05, 0) is 12.1 Å². The van der Waals surface area contributed by atoms with Gasteiger partial charge in [-0.3, -0.25) is 24.8 Å². The number of fused-ring (bicyclic) bond motifs is 1. The number of benzene rings is 1. The molecule has 0 aliphatic carbocycles. The number of aromatic amines is 1. The second-order valence-electron chi connectivity index (χ2n) is 7.92. The lowest BCUT2D eigenvalue weighted by Crippen LogP contribution is -2.48. The fraction of sp³-hybridized carbons (Fsp3) is 0.476. The first kappa shape index (κ1) is 21.0. The molecule has 0 bridgehead atoms. The van der Waals surface area contributed by atoms with Crippen LogP contribution in [0.2, 0.25) is 0 Å². The predicted molar refractivity (Wildman–Crippen MR) is 113 cm³/mol. The van der Waals surface area contributed by atoms with E-state index in [4.69, 9.17) is 0 Å². The summed E-state index contributed by atoms with van der Waals surface area (Å²) in [5.41, 5.74) is 2.84. The van der Waals surface area contributed by atoms with Gasteiger partial charge in [-0.25, -0.2) is 0 Å². The highest BCUT2D eigenvalue weighted by atomic mass is 16.6. The number of hydrogen-bond acceptors (Lipinski definition) is 6. The maximum atomic E-state index is 13.0. The fourth-order valence-corrected chi connectivity index (χ4v) is 4.12. The number of carbonyl (C=O) groups is 2. The Hall–Kier alpha value is -3.27. The van der Waals surface area contributed by atoms with Gasteiger partial charge in [-0.15, -0.1) is 0 Å². The summed E-state index contributed by atoms with van der Waals surface area (Å²) in [5, 5.41) is 18.1. The van der Waals surface area contributed by atoms with E-state index in [1.807, 2.05) is 4.90 Å². The third kappa shape index (κ3) is 4.43. The molecule has 0 spiro atoms. The lowest BCUT2D eigenvalue weighted by molar-refractivity contribution is -0.384. The number of rotatable bonds is 5. The van der Waals surface area contributed by atoms with Crippen LogP contribution in [0.15, 0.2) is 24.3 Å². The molecule has 2 aliphatic rings. The highest BCUT2D eigenvalue weighted by Gasteiger charge is 2.31. The molecule has 4 rings (SSSR count). The monoisotopic (exact) mass is 426 g/mol. The molecule has 1 aromatic heterocycles. The molecule has 2 amide bonds. The molecular formula is C21H26N6O4. The van der Waals surface area contributed by atoms with Gasteiger partial charge in [-0.2, -0.15) is 5.10 Å². The Balaban J connectivity index is 1.42. The highest BCUT2D eigenvalue weighted by Crippen LogP contribution is 2.23.